The molecular weight excluding hydrogens is 312 g/mol. The molecule has 1 N–H and O–H groups in total. The minimum atomic E-state index is 0.575. The van der Waals surface area contributed by atoms with Crippen LogP contribution >= 0.6 is 0 Å². The van der Waals surface area contributed by atoms with E-state index in [1.165, 1.54) is 17.5 Å². The molecule has 2 heterocycles. The number of hydrogen-bond donors (Lipinski definition) is 1. The molecule has 5 heteroatoms. The summed E-state index contributed by atoms with van der Waals surface area (Å²) in [5.41, 5.74) is 5.51. The lowest BCUT2D eigenvalue weighted by molar-refractivity contribution is 0.459. The van der Waals surface area contributed by atoms with Gasteiger partial charge in [-0.3, -0.25) is 0 Å². The van der Waals surface area contributed by atoms with Crippen LogP contribution in [0.1, 0.15) is 18.1 Å². The Labute approximate surface area is 145 Å². The average molecular weight is 330 g/mol. The summed E-state index contributed by atoms with van der Waals surface area (Å²) in [6, 6.07) is 18.4. The van der Waals surface area contributed by atoms with Crippen molar-refractivity contribution in [2.24, 2.45) is 0 Å². The Morgan fingerprint density at radius 3 is 2.44 bits per heavy atom. The molecule has 124 valence electrons. The highest BCUT2D eigenvalue weighted by Gasteiger charge is 2.15. The Morgan fingerprint density at radius 1 is 0.920 bits per heavy atom. The van der Waals surface area contributed by atoms with Crippen LogP contribution in [0.25, 0.3) is 22.4 Å². The zero-order valence-electron chi connectivity index (χ0n) is 13.9. The molecular formula is C20H18N4O. The topological polar surface area (TPSA) is 63.8 Å². The minimum Gasteiger partial charge on any atom is -0.363 e. The number of aryl methyl sites for hydroxylation is 1. The lowest BCUT2D eigenvalue weighted by Crippen LogP contribution is -2.02. The summed E-state index contributed by atoms with van der Waals surface area (Å²) in [6.45, 7) is 2.82. The molecule has 0 aliphatic rings. The van der Waals surface area contributed by atoms with E-state index in [9.17, 15) is 0 Å². The maximum Gasteiger partial charge on any atom is 0.228 e. The monoisotopic (exact) mass is 330 g/mol. The van der Waals surface area contributed by atoms with E-state index in [0.29, 0.717) is 23.5 Å². The zero-order chi connectivity index (χ0) is 17.1. The lowest BCUT2D eigenvalue weighted by atomic mass is 10.1. The Kier molecular flexibility index (Phi) is 4.12. The first kappa shape index (κ1) is 15.3. The second kappa shape index (κ2) is 6.73. The smallest absolute Gasteiger partial charge is 0.228 e. The lowest BCUT2D eigenvalue weighted by Gasteiger charge is -2.06. The van der Waals surface area contributed by atoms with Gasteiger partial charge in [0.1, 0.15) is 17.5 Å². The maximum absolute atomic E-state index is 5.52. The van der Waals surface area contributed by atoms with Crippen molar-refractivity contribution in [3.63, 3.8) is 0 Å². The van der Waals surface area contributed by atoms with Crippen LogP contribution in [0.2, 0.25) is 0 Å². The summed E-state index contributed by atoms with van der Waals surface area (Å²) in [5.74, 6) is 0.652. The van der Waals surface area contributed by atoms with Crippen LogP contribution < -0.4 is 5.32 Å². The number of nitrogens with one attached hydrogen (secondary N) is 1. The average Bonchev–Trinajstić information content (AvgIpc) is 3.12. The van der Waals surface area contributed by atoms with Crippen molar-refractivity contribution in [2.75, 3.05) is 5.32 Å². The van der Waals surface area contributed by atoms with Gasteiger partial charge < -0.3 is 9.84 Å². The summed E-state index contributed by atoms with van der Waals surface area (Å²) < 4.78 is 5.52. The molecule has 0 bridgehead atoms. The molecule has 2 aromatic heterocycles. The first-order valence-electron chi connectivity index (χ1n) is 8.32. The van der Waals surface area contributed by atoms with Crippen LogP contribution in [-0.4, -0.2) is 15.1 Å². The molecule has 0 aliphatic carbocycles. The molecule has 0 unspecified atom stereocenters. The summed E-state index contributed by atoms with van der Waals surface area (Å²) in [6.07, 6.45) is 2.58. The minimum absolute atomic E-state index is 0.575. The van der Waals surface area contributed by atoms with Gasteiger partial charge in [-0.15, -0.1) is 0 Å². The Hall–Kier alpha value is -3.21. The fraction of sp³-hybridized carbons (Fsp3) is 0.150. The third-order valence-corrected chi connectivity index (χ3v) is 4.19. The number of anilines is 1. The molecule has 0 aliphatic heterocycles. The molecule has 4 rings (SSSR count). The molecule has 4 aromatic rings. The van der Waals surface area contributed by atoms with Crippen LogP contribution in [0.5, 0.6) is 0 Å². The molecule has 0 atom stereocenters. The van der Waals surface area contributed by atoms with E-state index in [1.807, 2.05) is 30.3 Å². The summed E-state index contributed by atoms with van der Waals surface area (Å²) in [7, 11) is 0. The first-order chi connectivity index (χ1) is 12.3. The van der Waals surface area contributed by atoms with E-state index in [1.54, 1.807) is 0 Å². The second-order valence-corrected chi connectivity index (χ2v) is 5.82. The largest absolute Gasteiger partial charge is 0.363 e. The summed E-state index contributed by atoms with van der Waals surface area (Å²) in [4.78, 5) is 8.66. The highest BCUT2D eigenvalue weighted by atomic mass is 16.5. The van der Waals surface area contributed by atoms with Crippen molar-refractivity contribution in [3.05, 3.63) is 72.1 Å². The van der Waals surface area contributed by atoms with E-state index < -0.39 is 0 Å². The number of nitrogens with zero attached hydrogens (tertiary/aromatic N) is 3. The SMILES string of the molecule is CCc1ccc(CNc2ncnc3c(-c4ccccc4)noc23)cc1. The van der Waals surface area contributed by atoms with Crippen molar-refractivity contribution in [3.8, 4) is 11.3 Å². The van der Waals surface area contributed by atoms with Crippen LogP contribution in [0.15, 0.2) is 65.4 Å². The van der Waals surface area contributed by atoms with E-state index in [2.05, 4.69) is 51.6 Å². The molecule has 0 spiro atoms. The number of rotatable bonds is 5. The molecule has 2 aromatic carbocycles. The standard InChI is InChI=1S/C20H18N4O/c1-2-14-8-10-15(11-9-14)12-21-20-19-18(22-13-23-20)17(24-25-19)16-6-4-3-5-7-16/h3-11,13H,2,12H2,1H3,(H,21,22,23). The highest BCUT2D eigenvalue weighted by Crippen LogP contribution is 2.29. The molecule has 0 fully saturated rings. The zero-order valence-corrected chi connectivity index (χ0v) is 13.9. The molecule has 5 nitrogen and oxygen atoms in total. The van der Waals surface area contributed by atoms with E-state index in [4.69, 9.17) is 4.52 Å². The van der Waals surface area contributed by atoms with Gasteiger partial charge in [0.2, 0.25) is 5.58 Å². The predicted octanol–water partition coefficient (Wildman–Crippen LogP) is 4.46. The van der Waals surface area contributed by atoms with Crippen LogP contribution in [0.4, 0.5) is 5.82 Å². The molecule has 0 saturated carbocycles. The third kappa shape index (κ3) is 3.08. The maximum atomic E-state index is 5.52. The molecule has 0 amide bonds. The second-order valence-electron chi connectivity index (χ2n) is 5.82. The molecule has 0 saturated heterocycles. The number of hydrogen-bond acceptors (Lipinski definition) is 5. The van der Waals surface area contributed by atoms with Crippen molar-refractivity contribution in [1.82, 2.24) is 15.1 Å². The Balaban J connectivity index is 1.61. The van der Waals surface area contributed by atoms with E-state index in [-0.39, 0.29) is 0 Å². The van der Waals surface area contributed by atoms with E-state index in [0.717, 1.165) is 17.7 Å². The van der Waals surface area contributed by atoms with Gasteiger partial charge >= 0.3 is 0 Å². The van der Waals surface area contributed by atoms with Crippen LogP contribution in [-0.2, 0) is 13.0 Å². The van der Waals surface area contributed by atoms with Gasteiger partial charge in [-0.1, -0.05) is 66.7 Å². The van der Waals surface area contributed by atoms with Gasteiger partial charge in [0.15, 0.2) is 5.82 Å². The number of aromatic nitrogens is 3. The normalized spacial score (nSPS) is 10.9. The first-order valence-corrected chi connectivity index (χ1v) is 8.32. The fourth-order valence-corrected chi connectivity index (χ4v) is 2.75. The van der Waals surface area contributed by atoms with Gasteiger partial charge in [0, 0.05) is 12.1 Å². The van der Waals surface area contributed by atoms with Gasteiger partial charge in [-0.2, -0.15) is 0 Å². The van der Waals surface area contributed by atoms with Crippen molar-refractivity contribution >= 4 is 16.9 Å². The van der Waals surface area contributed by atoms with Crippen LogP contribution in [0, 0.1) is 0 Å². The molecule has 0 radical (unpaired) electrons. The Morgan fingerprint density at radius 2 is 1.68 bits per heavy atom. The van der Waals surface area contributed by atoms with Gasteiger partial charge in [0.25, 0.3) is 0 Å². The van der Waals surface area contributed by atoms with Gasteiger partial charge in [-0.25, -0.2) is 9.97 Å². The van der Waals surface area contributed by atoms with Crippen molar-refractivity contribution in [1.29, 1.82) is 0 Å². The summed E-state index contributed by atoms with van der Waals surface area (Å²) in [5, 5.41) is 7.51. The Bertz CT molecular complexity index is 978. The number of fused-ring (bicyclic) bond motifs is 1. The third-order valence-electron chi connectivity index (χ3n) is 4.19. The molecule has 25 heavy (non-hydrogen) atoms. The van der Waals surface area contributed by atoms with Crippen LogP contribution in [0.3, 0.4) is 0 Å². The fourth-order valence-electron chi connectivity index (χ4n) is 2.75. The summed E-state index contributed by atoms with van der Waals surface area (Å²) >= 11 is 0. The van der Waals surface area contributed by atoms with Gasteiger partial charge in [0.05, 0.1) is 0 Å². The van der Waals surface area contributed by atoms with Gasteiger partial charge in [-0.05, 0) is 17.5 Å². The highest BCUT2D eigenvalue weighted by molar-refractivity contribution is 5.93. The van der Waals surface area contributed by atoms with Crippen molar-refractivity contribution < 1.29 is 4.52 Å². The van der Waals surface area contributed by atoms with E-state index >= 15 is 0 Å². The number of benzene rings is 2. The quantitative estimate of drug-likeness (QED) is 0.585. The predicted molar refractivity (Wildman–Crippen MR) is 98.2 cm³/mol. The van der Waals surface area contributed by atoms with Crippen molar-refractivity contribution in [2.45, 2.75) is 19.9 Å².